The number of hydrogen-bond acceptors (Lipinski definition) is 3. The van der Waals surface area contributed by atoms with E-state index in [1.165, 1.54) is 32.7 Å². The standard InChI is InChI=1S/C32H27O3P/c1-22-28-21-34-20-24(28)19-30(31(22)32-27-16-10-9-11-23(27)17-18-29(32)33-2)35-36(25-12-5-3-6-13-25)26-14-7-4-8-15-26/h3-19H,20-21H2,1-2H3. The summed E-state index contributed by atoms with van der Waals surface area (Å²) in [6.07, 6.45) is 0. The lowest BCUT2D eigenvalue weighted by molar-refractivity contribution is 0.134. The van der Waals surface area contributed by atoms with E-state index < -0.39 is 8.15 Å². The predicted molar refractivity (Wildman–Crippen MR) is 149 cm³/mol. The lowest BCUT2D eigenvalue weighted by atomic mass is 9.89. The fourth-order valence-corrected chi connectivity index (χ4v) is 6.76. The van der Waals surface area contributed by atoms with E-state index in [9.17, 15) is 0 Å². The van der Waals surface area contributed by atoms with E-state index in [-0.39, 0.29) is 0 Å². The van der Waals surface area contributed by atoms with Gasteiger partial charge in [0.05, 0.1) is 20.3 Å². The van der Waals surface area contributed by atoms with Gasteiger partial charge in [-0.05, 0) is 46.5 Å². The summed E-state index contributed by atoms with van der Waals surface area (Å²) in [5.74, 6) is 1.70. The molecule has 1 heterocycles. The molecule has 1 aliphatic rings. The predicted octanol–water partition coefficient (Wildman–Crippen LogP) is 7.28. The van der Waals surface area contributed by atoms with Crippen LogP contribution in [0.2, 0.25) is 0 Å². The molecule has 0 fully saturated rings. The third kappa shape index (κ3) is 4.05. The fourth-order valence-electron chi connectivity index (χ4n) is 5.03. The SMILES string of the molecule is COc1ccc2ccccc2c1-c1c(OP(c2ccccc2)c2ccccc2)cc2c(c1C)COC2. The van der Waals surface area contributed by atoms with Crippen LogP contribution >= 0.6 is 8.15 Å². The van der Waals surface area contributed by atoms with Crippen LogP contribution in [-0.4, -0.2) is 7.11 Å². The highest BCUT2D eigenvalue weighted by molar-refractivity contribution is 7.68. The summed E-state index contributed by atoms with van der Waals surface area (Å²) >= 11 is 0. The molecule has 0 amide bonds. The maximum Gasteiger partial charge on any atom is 0.150 e. The van der Waals surface area contributed by atoms with Crippen LogP contribution in [-0.2, 0) is 18.0 Å². The van der Waals surface area contributed by atoms with E-state index in [1.807, 2.05) is 12.1 Å². The number of hydrogen-bond donors (Lipinski definition) is 0. The molecule has 4 heteroatoms. The second-order valence-electron chi connectivity index (χ2n) is 8.93. The Labute approximate surface area is 213 Å². The van der Waals surface area contributed by atoms with Crippen LogP contribution in [0, 0.1) is 6.92 Å². The van der Waals surface area contributed by atoms with E-state index in [2.05, 4.69) is 97.9 Å². The zero-order valence-electron chi connectivity index (χ0n) is 20.4. The molecule has 0 radical (unpaired) electrons. The van der Waals surface area contributed by atoms with Crippen LogP contribution in [0.15, 0.2) is 103 Å². The molecule has 0 atom stereocenters. The number of fused-ring (bicyclic) bond motifs is 2. The van der Waals surface area contributed by atoms with E-state index >= 15 is 0 Å². The van der Waals surface area contributed by atoms with Crippen LogP contribution in [0.5, 0.6) is 11.5 Å². The van der Waals surface area contributed by atoms with E-state index in [0.717, 1.165) is 28.0 Å². The summed E-state index contributed by atoms with van der Waals surface area (Å²) in [6, 6.07) is 35.8. The third-order valence-corrected chi connectivity index (χ3v) is 8.72. The molecule has 5 aromatic rings. The van der Waals surface area contributed by atoms with Gasteiger partial charge in [-0.3, -0.25) is 0 Å². The van der Waals surface area contributed by atoms with Gasteiger partial charge in [0, 0.05) is 21.7 Å². The second kappa shape index (κ2) is 9.78. The summed E-state index contributed by atoms with van der Waals surface area (Å²) in [5.41, 5.74) is 5.77. The number of methoxy groups -OCH3 is 1. The van der Waals surface area contributed by atoms with Crippen molar-refractivity contribution in [2.45, 2.75) is 20.1 Å². The van der Waals surface area contributed by atoms with Gasteiger partial charge in [0.25, 0.3) is 0 Å². The molecule has 0 spiro atoms. The average molecular weight is 491 g/mol. The first-order valence-electron chi connectivity index (χ1n) is 12.1. The Morgan fingerprint density at radius 1 is 0.694 bits per heavy atom. The minimum absolute atomic E-state index is 0.605. The van der Waals surface area contributed by atoms with E-state index in [4.69, 9.17) is 14.0 Å². The molecule has 0 saturated carbocycles. The van der Waals surface area contributed by atoms with Crippen LogP contribution in [0.3, 0.4) is 0 Å². The first-order valence-corrected chi connectivity index (χ1v) is 13.4. The lowest BCUT2D eigenvalue weighted by Gasteiger charge is -2.25. The van der Waals surface area contributed by atoms with Gasteiger partial charge in [0.2, 0.25) is 0 Å². The van der Waals surface area contributed by atoms with Gasteiger partial charge in [-0.2, -0.15) is 0 Å². The number of benzene rings is 5. The smallest absolute Gasteiger partial charge is 0.150 e. The Bertz CT molecular complexity index is 1490. The molecule has 5 aromatic carbocycles. The van der Waals surface area contributed by atoms with Crippen LogP contribution < -0.4 is 19.9 Å². The van der Waals surface area contributed by atoms with Crippen molar-refractivity contribution in [3.8, 4) is 22.6 Å². The largest absolute Gasteiger partial charge is 0.496 e. The molecule has 6 rings (SSSR count). The highest BCUT2D eigenvalue weighted by Gasteiger charge is 2.27. The Morgan fingerprint density at radius 2 is 1.36 bits per heavy atom. The summed E-state index contributed by atoms with van der Waals surface area (Å²) in [5, 5.41) is 4.66. The van der Waals surface area contributed by atoms with Gasteiger partial charge in [0.1, 0.15) is 11.5 Å². The van der Waals surface area contributed by atoms with Crippen molar-refractivity contribution < 1.29 is 14.0 Å². The van der Waals surface area contributed by atoms with E-state index in [0.29, 0.717) is 13.2 Å². The Balaban J connectivity index is 1.61. The molecule has 0 unspecified atom stereocenters. The maximum atomic E-state index is 7.08. The molecule has 0 aromatic heterocycles. The fraction of sp³-hybridized carbons (Fsp3) is 0.125. The van der Waals surface area contributed by atoms with Crippen LogP contribution in [0.25, 0.3) is 21.9 Å². The van der Waals surface area contributed by atoms with Crippen molar-refractivity contribution in [1.29, 1.82) is 0 Å². The van der Waals surface area contributed by atoms with E-state index in [1.54, 1.807) is 7.11 Å². The Morgan fingerprint density at radius 3 is 2.06 bits per heavy atom. The highest BCUT2D eigenvalue weighted by atomic mass is 31.1. The first kappa shape index (κ1) is 22.8. The minimum atomic E-state index is -1.09. The van der Waals surface area contributed by atoms with Crippen molar-refractivity contribution >= 4 is 29.5 Å². The second-order valence-corrected chi connectivity index (χ2v) is 10.7. The summed E-state index contributed by atoms with van der Waals surface area (Å²) < 4.78 is 18.9. The topological polar surface area (TPSA) is 27.7 Å². The summed E-state index contributed by atoms with van der Waals surface area (Å²) in [6.45, 7) is 3.41. The molecule has 0 aliphatic carbocycles. The van der Waals surface area contributed by atoms with Crippen LogP contribution in [0.4, 0.5) is 0 Å². The monoisotopic (exact) mass is 490 g/mol. The van der Waals surface area contributed by atoms with Crippen molar-refractivity contribution in [2.75, 3.05) is 7.11 Å². The maximum absolute atomic E-state index is 7.08. The van der Waals surface area contributed by atoms with Gasteiger partial charge in [-0.1, -0.05) is 91.0 Å². The zero-order valence-corrected chi connectivity index (χ0v) is 21.3. The van der Waals surface area contributed by atoms with Gasteiger partial charge in [0.15, 0.2) is 8.15 Å². The molecule has 36 heavy (non-hydrogen) atoms. The minimum Gasteiger partial charge on any atom is -0.496 e. The normalized spacial score (nSPS) is 12.6. The van der Waals surface area contributed by atoms with Gasteiger partial charge in [-0.15, -0.1) is 0 Å². The molecule has 1 aliphatic heterocycles. The van der Waals surface area contributed by atoms with Gasteiger partial charge >= 0.3 is 0 Å². The van der Waals surface area contributed by atoms with Gasteiger partial charge < -0.3 is 14.0 Å². The van der Waals surface area contributed by atoms with Crippen molar-refractivity contribution in [2.24, 2.45) is 0 Å². The summed E-state index contributed by atoms with van der Waals surface area (Å²) in [7, 11) is 0.645. The number of ether oxygens (including phenoxy) is 2. The molecule has 0 saturated heterocycles. The van der Waals surface area contributed by atoms with Gasteiger partial charge in [-0.25, -0.2) is 0 Å². The molecule has 0 bridgehead atoms. The van der Waals surface area contributed by atoms with Crippen LogP contribution in [0.1, 0.15) is 16.7 Å². The molecular weight excluding hydrogens is 463 g/mol. The average Bonchev–Trinajstić information content (AvgIpc) is 3.41. The summed E-state index contributed by atoms with van der Waals surface area (Å²) in [4.78, 5) is 0. The molecule has 3 nitrogen and oxygen atoms in total. The highest BCUT2D eigenvalue weighted by Crippen LogP contribution is 2.49. The lowest BCUT2D eigenvalue weighted by Crippen LogP contribution is -2.16. The Kier molecular flexibility index (Phi) is 6.19. The molecule has 178 valence electrons. The zero-order chi connectivity index (χ0) is 24.5. The van der Waals surface area contributed by atoms with Crippen molar-refractivity contribution in [3.63, 3.8) is 0 Å². The number of rotatable bonds is 6. The molecule has 0 N–H and O–H groups in total. The van der Waals surface area contributed by atoms with Crippen molar-refractivity contribution in [1.82, 2.24) is 0 Å². The first-order chi connectivity index (χ1) is 17.7. The quantitative estimate of drug-likeness (QED) is 0.234. The Hall–Kier alpha value is -3.65. The molecular formula is C32H27O3P. The third-order valence-electron chi connectivity index (χ3n) is 6.80. The van der Waals surface area contributed by atoms with Crippen molar-refractivity contribution in [3.05, 3.63) is 120 Å².